The maximum absolute atomic E-state index is 13.2. The van der Waals surface area contributed by atoms with Crippen LogP contribution in [0, 0.1) is 5.82 Å². The number of halogens is 4. The molecular formula is C14H20F4N2O. The molecule has 0 aromatic heterocycles. The summed E-state index contributed by atoms with van der Waals surface area (Å²) in [4.78, 5) is 2.03. The molecule has 0 heterocycles. The van der Waals surface area contributed by atoms with Crippen LogP contribution in [0.25, 0.3) is 0 Å². The van der Waals surface area contributed by atoms with Crippen LogP contribution in [0.1, 0.15) is 11.1 Å². The molecule has 0 fully saturated rings. The molecule has 0 aliphatic heterocycles. The second-order valence-corrected chi connectivity index (χ2v) is 4.82. The van der Waals surface area contributed by atoms with E-state index in [1.807, 2.05) is 11.9 Å². The van der Waals surface area contributed by atoms with Gasteiger partial charge >= 0.3 is 6.18 Å². The summed E-state index contributed by atoms with van der Waals surface area (Å²) < 4.78 is 55.8. The molecule has 0 amide bonds. The predicted octanol–water partition coefficient (Wildman–Crippen LogP) is 2.51. The van der Waals surface area contributed by atoms with Gasteiger partial charge in [-0.15, -0.1) is 0 Å². The maximum Gasteiger partial charge on any atom is 0.416 e. The van der Waals surface area contributed by atoms with Gasteiger partial charge in [-0.05, 0) is 30.8 Å². The van der Waals surface area contributed by atoms with Crippen LogP contribution in [0.3, 0.4) is 0 Å². The van der Waals surface area contributed by atoms with Crippen molar-refractivity contribution >= 4 is 0 Å². The Hall–Kier alpha value is -1.18. The monoisotopic (exact) mass is 308 g/mol. The van der Waals surface area contributed by atoms with Gasteiger partial charge in [-0.1, -0.05) is 0 Å². The van der Waals surface area contributed by atoms with Crippen molar-refractivity contribution in [2.24, 2.45) is 0 Å². The number of likely N-dealkylation sites (N-methyl/N-ethyl adjacent to an activating group) is 1. The van der Waals surface area contributed by atoms with Crippen LogP contribution in [0.4, 0.5) is 17.6 Å². The number of rotatable bonds is 8. The molecule has 1 aromatic rings. The van der Waals surface area contributed by atoms with Gasteiger partial charge in [0.15, 0.2) is 0 Å². The van der Waals surface area contributed by atoms with Crippen LogP contribution in [0.2, 0.25) is 0 Å². The Morgan fingerprint density at radius 3 is 2.52 bits per heavy atom. The lowest BCUT2D eigenvalue weighted by molar-refractivity contribution is -0.137. The van der Waals surface area contributed by atoms with Crippen LogP contribution >= 0.6 is 0 Å². The first-order chi connectivity index (χ1) is 9.82. The highest BCUT2D eigenvalue weighted by atomic mass is 19.4. The number of methoxy groups -OCH3 is 1. The van der Waals surface area contributed by atoms with Crippen molar-refractivity contribution in [3.05, 3.63) is 35.1 Å². The van der Waals surface area contributed by atoms with Crippen LogP contribution in [-0.2, 0) is 17.5 Å². The van der Waals surface area contributed by atoms with Crippen molar-refractivity contribution in [2.75, 3.05) is 40.4 Å². The molecule has 7 heteroatoms. The Morgan fingerprint density at radius 2 is 1.90 bits per heavy atom. The van der Waals surface area contributed by atoms with E-state index in [-0.39, 0.29) is 12.1 Å². The molecule has 3 nitrogen and oxygen atoms in total. The van der Waals surface area contributed by atoms with Gasteiger partial charge in [0.1, 0.15) is 5.82 Å². The molecule has 21 heavy (non-hydrogen) atoms. The highest BCUT2D eigenvalue weighted by molar-refractivity contribution is 5.26. The molecular weight excluding hydrogens is 288 g/mol. The van der Waals surface area contributed by atoms with Gasteiger partial charge in [0, 0.05) is 33.3 Å². The first kappa shape index (κ1) is 17.9. The predicted molar refractivity (Wildman–Crippen MR) is 72.5 cm³/mol. The topological polar surface area (TPSA) is 24.5 Å². The largest absolute Gasteiger partial charge is 0.416 e. The van der Waals surface area contributed by atoms with E-state index >= 15 is 0 Å². The van der Waals surface area contributed by atoms with Gasteiger partial charge in [0.05, 0.1) is 12.2 Å². The zero-order valence-corrected chi connectivity index (χ0v) is 12.1. The van der Waals surface area contributed by atoms with E-state index in [2.05, 4.69) is 5.32 Å². The smallest absolute Gasteiger partial charge is 0.383 e. The third-order valence-corrected chi connectivity index (χ3v) is 2.96. The molecule has 0 saturated carbocycles. The SMILES string of the molecule is COCCN(C)CCNCc1cc(F)cc(C(F)(F)F)c1. The number of benzene rings is 1. The quantitative estimate of drug-likeness (QED) is 0.590. The van der Waals surface area contributed by atoms with Crippen LogP contribution in [0.15, 0.2) is 18.2 Å². The number of nitrogens with zero attached hydrogens (tertiary/aromatic N) is 1. The van der Waals surface area contributed by atoms with Gasteiger partial charge in [-0.2, -0.15) is 13.2 Å². The van der Waals surface area contributed by atoms with Crippen molar-refractivity contribution in [1.82, 2.24) is 10.2 Å². The van der Waals surface area contributed by atoms with Crippen molar-refractivity contribution in [2.45, 2.75) is 12.7 Å². The van der Waals surface area contributed by atoms with Gasteiger partial charge in [0.25, 0.3) is 0 Å². The molecule has 1 rings (SSSR count). The normalized spacial score (nSPS) is 12.1. The lowest BCUT2D eigenvalue weighted by atomic mass is 10.1. The fraction of sp³-hybridized carbons (Fsp3) is 0.571. The highest BCUT2D eigenvalue weighted by Crippen LogP contribution is 2.30. The minimum atomic E-state index is -4.53. The lowest BCUT2D eigenvalue weighted by Crippen LogP contribution is -2.31. The van der Waals surface area contributed by atoms with Crippen molar-refractivity contribution in [1.29, 1.82) is 0 Å². The average Bonchev–Trinajstić information content (AvgIpc) is 2.40. The fourth-order valence-corrected chi connectivity index (χ4v) is 1.78. The highest BCUT2D eigenvalue weighted by Gasteiger charge is 2.31. The second kappa shape index (κ2) is 8.31. The van der Waals surface area contributed by atoms with Crippen LogP contribution in [-0.4, -0.2) is 45.3 Å². The van der Waals surface area contributed by atoms with Gasteiger partial charge < -0.3 is 15.0 Å². The number of hydrogen-bond donors (Lipinski definition) is 1. The molecule has 0 saturated heterocycles. The summed E-state index contributed by atoms with van der Waals surface area (Å²) in [5.74, 6) is -0.876. The maximum atomic E-state index is 13.2. The average molecular weight is 308 g/mol. The van der Waals surface area contributed by atoms with Crippen LogP contribution < -0.4 is 5.32 Å². The van der Waals surface area contributed by atoms with E-state index in [0.717, 1.165) is 25.2 Å². The van der Waals surface area contributed by atoms with Gasteiger partial charge in [0.2, 0.25) is 0 Å². The molecule has 120 valence electrons. The molecule has 1 aromatic carbocycles. The summed E-state index contributed by atoms with van der Waals surface area (Å²) >= 11 is 0. The Bertz CT molecular complexity index is 437. The summed E-state index contributed by atoms with van der Waals surface area (Å²) in [6.07, 6.45) is -4.53. The Morgan fingerprint density at radius 1 is 1.19 bits per heavy atom. The molecule has 1 N–H and O–H groups in total. The van der Waals surface area contributed by atoms with Crippen molar-refractivity contribution in [3.8, 4) is 0 Å². The summed E-state index contributed by atoms with van der Waals surface area (Å²) in [5.41, 5.74) is -0.682. The Kier molecular flexibility index (Phi) is 7.07. The van der Waals surface area contributed by atoms with Gasteiger partial charge in [-0.3, -0.25) is 0 Å². The number of hydrogen-bond acceptors (Lipinski definition) is 3. The third kappa shape index (κ3) is 6.88. The number of nitrogens with one attached hydrogen (secondary N) is 1. The van der Waals surface area contributed by atoms with E-state index in [4.69, 9.17) is 4.74 Å². The third-order valence-electron chi connectivity index (χ3n) is 2.96. The molecule has 0 radical (unpaired) electrons. The lowest BCUT2D eigenvalue weighted by Gasteiger charge is -2.16. The first-order valence-corrected chi connectivity index (χ1v) is 6.58. The standard InChI is InChI=1S/C14H20F4N2O/c1-20(5-6-21-2)4-3-19-10-11-7-12(14(16,17)18)9-13(15)8-11/h7-9,19H,3-6,10H2,1-2H3. The van der Waals surface area contributed by atoms with E-state index in [0.29, 0.717) is 19.2 Å². The van der Waals surface area contributed by atoms with Crippen molar-refractivity contribution in [3.63, 3.8) is 0 Å². The van der Waals surface area contributed by atoms with Crippen LogP contribution in [0.5, 0.6) is 0 Å². The molecule has 0 aliphatic rings. The minimum absolute atomic E-state index is 0.193. The molecule has 0 bridgehead atoms. The second-order valence-electron chi connectivity index (χ2n) is 4.82. The summed E-state index contributed by atoms with van der Waals surface area (Å²) in [6.45, 7) is 2.91. The molecule has 0 atom stereocenters. The van der Waals surface area contributed by atoms with E-state index in [9.17, 15) is 17.6 Å². The van der Waals surface area contributed by atoms with Gasteiger partial charge in [-0.25, -0.2) is 4.39 Å². The molecule has 0 spiro atoms. The fourth-order valence-electron chi connectivity index (χ4n) is 1.78. The van der Waals surface area contributed by atoms with E-state index in [1.54, 1.807) is 7.11 Å². The minimum Gasteiger partial charge on any atom is -0.383 e. The molecule has 0 aliphatic carbocycles. The van der Waals surface area contributed by atoms with E-state index in [1.165, 1.54) is 0 Å². The first-order valence-electron chi connectivity index (χ1n) is 6.58. The zero-order valence-electron chi connectivity index (χ0n) is 12.1. The summed E-state index contributed by atoms with van der Waals surface area (Å²) in [5, 5.41) is 3.00. The van der Waals surface area contributed by atoms with E-state index < -0.39 is 17.6 Å². The number of alkyl halides is 3. The Balaban J connectivity index is 2.44. The summed E-state index contributed by atoms with van der Waals surface area (Å²) in [6, 6.07) is 2.57. The Labute approximate surface area is 121 Å². The van der Waals surface area contributed by atoms with Crippen molar-refractivity contribution < 1.29 is 22.3 Å². The molecule has 0 unspecified atom stereocenters. The number of ether oxygens (including phenoxy) is 1. The summed E-state index contributed by atoms with van der Waals surface area (Å²) in [7, 11) is 3.54. The zero-order chi connectivity index (χ0) is 15.9.